The first-order valence-corrected chi connectivity index (χ1v) is 5.11. The fourth-order valence-electron chi connectivity index (χ4n) is 1.68. The maximum absolute atomic E-state index is 11.3. The molecule has 1 nitrogen and oxygen atoms in total. The molecular formula is C12H18O. The van der Waals surface area contributed by atoms with Crippen LogP contribution < -0.4 is 0 Å². The Hall–Kier alpha value is -0.850. The molecule has 0 amide bonds. The molecule has 1 rings (SSSR count). The maximum Gasteiger partial charge on any atom is 0.135 e. The molecule has 72 valence electrons. The van der Waals surface area contributed by atoms with Crippen LogP contribution in [0.2, 0.25) is 0 Å². The zero-order valence-electron chi connectivity index (χ0n) is 8.55. The summed E-state index contributed by atoms with van der Waals surface area (Å²) in [5.74, 6) is 0.596. The largest absolute Gasteiger partial charge is 0.299 e. The summed E-state index contributed by atoms with van der Waals surface area (Å²) >= 11 is 0. The van der Waals surface area contributed by atoms with Crippen LogP contribution in [-0.2, 0) is 4.79 Å². The third-order valence-electron chi connectivity index (χ3n) is 2.57. The molecule has 0 radical (unpaired) electrons. The van der Waals surface area contributed by atoms with Crippen LogP contribution in [0.25, 0.3) is 0 Å². The van der Waals surface area contributed by atoms with E-state index in [0.717, 1.165) is 19.3 Å². The minimum Gasteiger partial charge on any atom is -0.299 e. The van der Waals surface area contributed by atoms with Crippen molar-refractivity contribution in [2.24, 2.45) is 5.92 Å². The highest BCUT2D eigenvalue weighted by Gasteiger charge is 2.12. The Morgan fingerprint density at radius 3 is 2.92 bits per heavy atom. The van der Waals surface area contributed by atoms with Crippen molar-refractivity contribution in [1.29, 1.82) is 0 Å². The third-order valence-corrected chi connectivity index (χ3v) is 2.57. The molecule has 0 aromatic carbocycles. The average Bonchev–Trinajstić information content (AvgIpc) is 2.18. The van der Waals surface area contributed by atoms with E-state index in [0.29, 0.717) is 12.2 Å². The quantitative estimate of drug-likeness (QED) is 0.645. The fraction of sp³-hybridized carbons (Fsp3) is 0.583. The first-order chi connectivity index (χ1) is 6.24. The number of hydrogen-bond acceptors (Lipinski definition) is 1. The van der Waals surface area contributed by atoms with Gasteiger partial charge in [-0.15, -0.1) is 0 Å². The molecule has 0 saturated heterocycles. The summed E-state index contributed by atoms with van der Waals surface area (Å²) in [6.45, 7) is 3.97. The predicted molar refractivity (Wildman–Crippen MR) is 55.5 cm³/mol. The van der Waals surface area contributed by atoms with Crippen LogP contribution in [0, 0.1) is 5.92 Å². The molecular weight excluding hydrogens is 160 g/mol. The molecule has 13 heavy (non-hydrogen) atoms. The topological polar surface area (TPSA) is 17.1 Å². The van der Waals surface area contributed by atoms with Crippen molar-refractivity contribution in [3.05, 3.63) is 23.8 Å². The molecule has 0 spiro atoms. The summed E-state index contributed by atoms with van der Waals surface area (Å²) in [7, 11) is 0. The highest BCUT2D eigenvalue weighted by molar-refractivity contribution is 5.80. The van der Waals surface area contributed by atoms with E-state index in [1.165, 1.54) is 5.57 Å². The Bertz CT molecular complexity index is 236. The smallest absolute Gasteiger partial charge is 0.135 e. The maximum atomic E-state index is 11.3. The van der Waals surface area contributed by atoms with Crippen molar-refractivity contribution < 1.29 is 4.79 Å². The van der Waals surface area contributed by atoms with Gasteiger partial charge in [0.2, 0.25) is 0 Å². The number of Topliss-reactive ketones (excluding diaryl/α,β-unsaturated/α-hetero) is 1. The lowest BCUT2D eigenvalue weighted by Gasteiger charge is -2.13. The molecule has 0 N–H and O–H groups in total. The molecule has 0 aromatic rings. The Kier molecular flexibility index (Phi) is 3.94. The number of hydrogen-bond donors (Lipinski definition) is 0. The SMILES string of the molecule is CCC(=O)C(C)CC1=CC=CCC1. The van der Waals surface area contributed by atoms with Gasteiger partial charge in [-0.05, 0) is 19.3 Å². The Morgan fingerprint density at radius 1 is 1.62 bits per heavy atom. The van der Waals surface area contributed by atoms with E-state index in [-0.39, 0.29) is 5.92 Å². The normalized spacial score (nSPS) is 18.2. The van der Waals surface area contributed by atoms with Crippen LogP contribution in [0.3, 0.4) is 0 Å². The molecule has 0 bridgehead atoms. The van der Waals surface area contributed by atoms with Crippen LogP contribution in [0.15, 0.2) is 23.8 Å². The van der Waals surface area contributed by atoms with E-state index < -0.39 is 0 Å². The van der Waals surface area contributed by atoms with Crippen molar-refractivity contribution in [2.45, 2.75) is 39.5 Å². The van der Waals surface area contributed by atoms with E-state index in [4.69, 9.17) is 0 Å². The van der Waals surface area contributed by atoms with Gasteiger partial charge in [0.25, 0.3) is 0 Å². The molecule has 1 atom stereocenters. The van der Waals surface area contributed by atoms with E-state index in [2.05, 4.69) is 18.2 Å². The van der Waals surface area contributed by atoms with E-state index >= 15 is 0 Å². The van der Waals surface area contributed by atoms with Gasteiger partial charge in [0, 0.05) is 12.3 Å². The van der Waals surface area contributed by atoms with E-state index in [1.54, 1.807) is 0 Å². The number of carbonyl (C=O) groups is 1. The van der Waals surface area contributed by atoms with Crippen molar-refractivity contribution in [3.63, 3.8) is 0 Å². The molecule has 1 aliphatic carbocycles. The fourth-order valence-corrected chi connectivity index (χ4v) is 1.68. The van der Waals surface area contributed by atoms with Gasteiger partial charge in [0.05, 0.1) is 0 Å². The molecule has 0 aliphatic heterocycles. The number of allylic oxidation sites excluding steroid dienone is 4. The van der Waals surface area contributed by atoms with Gasteiger partial charge in [-0.1, -0.05) is 37.6 Å². The van der Waals surface area contributed by atoms with Gasteiger partial charge in [-0.25, -0.2) is 0 Å². The summed E-state index contributed by atoms with van der Waals surface area (Å²) in [5.41, 5.74) is 1.43. The van der Waals surface area contributed by atoms with Crippen molar-refractivity contribution in [3.8, 4) is 0 Å². The van der Waals surface area contributed by atoms with Gasteiger partial charge in [0.15, 0.2) is 0 Å². The minimum atomic E-state index is 0.211. The van der Waals surface area contributed by atoms with Crippen LogP contribution in [0.1, 0.15) is 39.5 Å². The number of carbonyl (C=O) groups excluding carboxylic acids is 1. The van der Waals surface area contributed by atoms with Crippen LogP contribution in [0.4, 0.5) is 0 Å². The first kappa shape index (κ1) is 10.2. The lowest BCUT2D eigenvalue weighted by molar-refractivity contribution is -0.122. The lowest BCUT2D eigenvalue weighted by atomic mass is 9.91. The first-order valence-electron chi connectivity index (χ1n) is 5.11. The van der Waals surface area contributed by atoms with Gasteiger partial charge < -0.3 is 0 Å². The Labute approximate surface area is 80.5 Å². The Morgan fingerprint density at radius 2 is 2.38 bits per heavy atom. The molecule has 0 fully saturated rings. The van der Waals surface area contributed by atoms with Crippen LogP contribution in [0.5, 0.6) is 0 Å². The summed E-state index contributed by atoms with van der Waals surface area (Å²) in [6, 6.07) is 0. The van der Waals surface area contributed by atoms with E-state index in [1.807, 2.05) is 13.8 Å². The monoisotopic (exact) mass is 178 g/mol. The zero-order chi connectivity index (χ0) is 9.68. The highest BCUT2D eigenvalue weighted by Crippen LogP contribution is 2.20. The summed E-state index contributed by atoms with van der Waals surface area (Å²) in [5, 5.41) is 0. The van der Waals surface area contributed by atoms with Gasteiger partial charge >= 0.3 is 0 Å². The predicted octanol–water partition coefficient (Wildman–Crippen LogP) is 3.27. The molecule has 1 unspecified atom stereocenters. The second-order valence-electron chi connectivity index (χ2n) is 3.72. The second kappa shape index (κ2) is 5.00. The average molecular weight is 178 g/mol. The van der Waals surface area contributed by atoms with Crippen LogP contribution >= 0.6 is 0 Å². The summed E-state index contributed by atoms with van der Waals surface area (Å²) in [4.78, 5) is 11.3. The molecule has 1 aliphatic rings. The molecule has 0 heterocycles. The summed E-state index contributed by atoms with van der Waals surface area (Å²) in [6.07, 6.45) is 10.3. The second-order valence-corrected chi connectivity index (χ2v) is 3.72. The lowest BCUT2D eigenvalue weighted by Crippen LogP contribution is -2.10. The third kappa shape index (κ3) is 3.17. The zero-order valence-corrected chi connectivity index (χ0v) is 8.55. The minimum absolute atomic E-state index is 0.211. The van der Waals surface area contributed by atoms with Crippen LogP contribution in [-0.4, -0.2) is 5.78 Å². The van der Waals surface area contributed by atoms with Crippen molar-refractivity contribution >= 4 is 5.78 Å². The van der Waals surface area contributed by atoms with Gasteiger partial charge in [0.1, 0.15) is 5.78 Å². The van der Waals surface area contributed by atoms with Crippen molar-refractivity contribution in [2.75, 3.05) is 0 Å². The molecule has 1 heteroatoms. The van der Waals surface area contributed by atoms with Gasteiger partial charge in [-0.2, -0.15) is 0 Å². The summed E-state index contributed by atoms with van der Waals surface area (Å²) < 4.78 is 0. The van der Waals surface area contributed by atoms with Gasteiger partial charge in [-0.3, -0.25) is 4.79 Å². The molecule has 0 aromatic heterocycles. The number of ketones is 1. The number of rotatable bonds is 4. The Balaban J connectivity index is 2.43. The molecule has 0 saturated carbocycles. The van der Waals surface area contributed by atoms with E-state index in [9.17, 15) is 4.79 Å². The highest BCUT2D eigenvalue weighted by atomic mass is 16.1. The standard InChI is InChI=1S/C12H18O/c1-3-12(13)10(2)9-11-7-5-4-6-8-11/h4-5,7,10H,3,6,8-9H2,1-2H3. The van der Waals surface area contributed by atoms with Crippen molar-refractivity contribution in [1.82, 2.24) is 0 Å².